The van der Waals surface area contributed by atoms with Crippen LogP contribution in [-0.4, -0.2) is 48.5 Å². The van der Waals surface area contributed by atoms with Gasteiger partial charge in [-0.2, -0.15) is 0 Å². The van der Waals surface area contributed by atoms with E-state index in [2.05, 4.69) is 0 Å². The minimum absolute atomic E-state index is 0.156. The van der Waals surface area contributed by atoms with Crippen LogP contribution < -0.4 is 10.5 Å². The molecule has 7 nitrogen and oxygen atoms in total. The normalized spacial score (nSPS) is 15.8. The molecule has 0 bridgehead atoms. The summed E-state index contributed by atoms with van der Waals surface area (Å²) in [7, 11) is 0. The van der Waals surface area contributed by atoms with Crippen molar-refractivity contribution in [3.05, 3.63) is 29.8 Å². The van der Waals surface area contributed by atoms with Gasteiger partial charge in [0, 0.05) is 13.1 Å². The molecule has 0 radical (unpaired) electrons. The van der Waals surface area contributed by atoms with E-state index in [0.717, 1.165) is 25.7 Å². The van der Waals surface area contributed by atoms with Gasteiger partial charge in [-0.1, -0.05) is 12.8 Å². The Morgan fingerprint density at radius 2 is 1.68 bits per heavy atom. The molecule has 1 aromatic rings. The highest BCUT2D eigenvalue weighted by atomic mass is 16.5. The van der Waals surface area contributed by atoms with Crippen LogP contribution in [0.15, 0.2) is 24.3 Å². The molecule has 1 heterocycles. The Morgan fingerprint density at radius 3 is 2.24 bits per heavy atom. The zero-order valence-corrected chi connectivity index (χ0v) is 14.4. The minimum atomic E-state index is -0.823. The Labute approximate surface area is 147 Å². The number of primary amides is 1. The van der Waals surface area contributed by atoms with Gasteiger partial charge in [0.25, 0.3) is 11.8 Å². The number of nitrogens with two attached hydrogens (primary N) is 1. The first kappa shape index (κ1) is 18.8. The molecule has 1 fully saturated rings. The maximum absolute atomic E-state index is 12.4. The maximum atomic E-state index is 12.4. The molecule has 2 N–H and O–H groups in total. The van der Waals surface area contributed by atoms with Crippen LogP contribution in [0.1, 0.15) is 43.0 Å². The Kier molecular flexibility index (Phi) is 6.80. The van der Waals surface area contributed by atoms with Crippen molar-refractivity contribution in [1.29, 1.82) is 0 Å². The number of carbonyl (C=O) groups is 3. The summed E-state index contributed by atoms with van der Waals surface area (Å²) in [4.78, 5) is 37.0. The first-order chi connectivity index (χ1) is 12.0. The number of carbonyl (C=O) groups excluding carboxylic acids is 3. The third-order valence-electron chi connectivity index (χ3n) is 4.02. The molecule has 0 spiro atoms. The third kappa shape index (κ3) is 5.77. The van der Waals surface area contributed by atoms with E-state index >= 15 is 0 Å². The fourth-order valence-electron chi connectivity index (χ4n) is 2.67. The Hall–Kier alpha value is -2.57. The molecular weight excluding hydrogens is 324 g/mol. The van der Waals surface area contributed by atoms with Crippen molar-refractivity contribution in [3.63, 3.8) is 0 Å². The predicted octanol–water partition coefficient (Wildman–Crippen LogP) is 1.50. The summed E-state index contributed by atoms with van der Waals surface area (Å²) in [6, 6.07) is 6.12. The number of rotatable bonds is 6. The van der Waals surface area contributed by atoms with E-state index in [0.29, 0.717) is 24.4 Å². The molecule has 0 aromatic heterocycles. The van der Waals surface area contributed by atoms with Gasteiger partial charge in [-0.05, 0) is 44.0 Å². The zero-order chi connectivity index (χ0) is 18.2. The van der Waals surface area contributed by atoms with Crippen LogP contribution in [0.3, 0.4) is 0 Å². The van der Waals surface area contributed by atoms with Crippen molar-refractivity contribution in [2.45, 2.75) is 38.7 Å². The van der Waals surface area contributed by atoms with Crippen molar-refractivity contribution in [2.24, 2.45) is 5.73 Å². The quantitative estimate of drug-likeness (QED) is 0.786. The van der Waals surface area contributed by atoms with E-state index in [4.69, 9.17) is 15.2 Å². The van der Waals surface area contributed by atoms with Crippen molar-refractivity contribution < 1.29 is 23.9 Å². The molecule has 1 atom stereocenters. The van der Waals surface area contributed by atoms with E-state index in [-0.39, 0.29) is 12.5 Å². The highest BCUT2D eigenvalue weighted by Gasteiger charge is 2.24. The maximum Gasteiger partial charge on any atom is 0.338 e. The Morgan fingerprint density at radius 1 is 1.08 bits per heavy atom. The average Bonchev–Trinajstić information content (AvgIpc) is 2.89. The van der Waals surface area contributed by atoms with E-state index < -0.39 is 18.0 Å². The number of ether oxygens (including phenoxy) is 2. The molecule has 1 aliphatic rings. The van der Waals surface area contributed by atoms with Gasteiger partial charge in [0.2, 0.25) is 0 Å². The van der Waals surface area contributed by atoms with E-state index in [1.54, 1.807) is 24.0 Å². The van der Waals surface area contributed by atoms with Crippen molar-refractivity contribution in [3.8, 4) is 5.75 Å². The van der Waals surface area contributed by atoms with Gasteiger partial charge in [-0.3, -0.25) is 9.59 Å². The van der Waals surface area contributed by atoms with Crippen LogP contribution in [0.2, 0.25) is 0 Å². The second-order valence-corrected chi connectivity index (χ2v) is 6.07. The zero-order valence-electron chi connectivity index (χ0n) is 14.4. The van der Waals surface area contributed by atoms with E-state index in [9.17, 15) is 14.4 Å². The molecule has 1 aromatic carbocycles. The van der Waals surface area contributed by atoms with Gasteiger partial charge in [-0.25, -0.2) is 4.79 Å². The molecule has 2 rings (SSSR count). The van der Waals surface area contributed by atoms with Gasteiger partial charge in [0.15, 0.2) is 12.7 Å². The predicted molar refractivity (Wildman–Crippen MR) is 91.1 cm³/mol. The highest BCUT2D eigenvalue weighted by Crippen LogP contribution is 2.15. The number of likely N-dealkylation sites (tertiary alicyclic amines) is 1. The molecule has 0 aliphatic carbocycles. The summed E-state index contributed by atoms with van der Waals surface area (Å²) in [5, 5.41) is 0. The highest BCUT2D eigenvalue weighted by molar-refractivity contribution is 5.92. The first-order valence-corrected chi connectivity index (χ1v) is 8.48. The van der Waals surface area contributed by atoms with Crippen molar-refractivity contribution in [1.82, 2.24) is 4.90 Å². The SMILES string of the molecule is CC(OC(=O)c1ccc(OCC(N)=O)cc1)C(=O)N1CCCCCC1. The summed E-state index contributed by atoms with van der Waals surface area (Å²) >= 11 is 0. The van der Waals surface area contributed by atoms with Crippen LogP contribution in [-0.2, 0) is 14.3 Å². The molecule has 0 saturated carbocycles. The average molecular weight is 348 g/mol. The van der Waals surface area contributed by atoms with Gasteiger partial charge in [0.1, 0.15) is 5.75 Å². The van der Waals surface area contributed by atoms with Crippen molar-refractivity contribution >= 4 is 17.8 Å². The molecule has 1 unspecified atom stereocenters. The lowest BCUT2D eigenvalue weighted by molar-refractivity contribution is -0.139. The molecule has 1 saturated heterocycles. The van der Waals surface area contributed by atoms with Crippen LogP contribution in [0.4, 0.5) is 0 Å². The summed E-state index contributed by atoms with van der Waals surface area (Å²) in [6.07, 6.45) is 3.40. The van der Waals surface area contributed by atoms with Gasteiger partial charge in [0.05, 0.1) is 5.56 Å². The van der Waals surface area contributed by atoms with Crippen LogP contribution >= 0.6 is 0 Å². The van der Waals surface area contributed by atoms with E-state index in [1.807, 2.05) is 0 Å². The standard InChI is InChI=1S/C18H24N2O5/c1-13(17(22)20-10-4-2-3-5-11-20)25-18(23)14-6-8-15(9-7-14)24-12-16(19)21/h6-9,13H,2-5,10-12H2,1H3,(H2,19,21). The largest absolute Gasteiger partial charge is 0.484 e. The van der Waals surface area contributed by atoms with Crippen molar-refractivity contribution in [2.75, 3.05) is 19.7 Å². The van der Waals surface area contributed by atoms with Crippen LogP contribution in [0.25, 0.3) is 0 Å². The molecule has 7 heteroatoms. The Bertz CT molecular complexity index is 606. The number of hydrogen-bond donors (Lipinski definition) is 1. The van der Waals surface area contributed by atoms with Gasteiger partial charge in [-0.15, -0.1) is 0 Å². The lowest BCUT2D eigenvalue weighted by Crippen LogP contribution is -2.40. The number of esters is 1. The summed E-state index contributed by atoms with van der Waals surface area (Å²) in [5.41, 5.74) is 5.31. The second kappa shape index (κ2) is 9.05. The molecule has 136 valence electrons. The summed E-state index contributed by atoms with van der Waals surface area (Å²) in [6.45, 7) is 2.79. The van der Waals surface area contributed by atoms with Crippen LogP contribution in [0, 0.1) is 0 Å². The Balaban J connectivity index is 1.89. The number of benzene rings is 1. The summed E-state index contributed by atoms with van der Waals surface area (Å²) < 4.78 is 10.4. The first-order valence-electron chi connectivity index (χ1n) is 8.48. The topological polar surface area (TPSA) is 98.9 Å². The number of hydrogen-bond acceptors (Lipinski definition) is 5. The molecule has 1 aliphatic heterocycles. The molecule has 2 amide bonds. The monoisotopic (exact) mass is 348 g/mol. The second-order valence-electron chi connectivity index (χ2n) is 6.07. The molecular formula is C18H24N2O5. The summed E-state index contributed by atoms with van der Waals surface area (Å²) in [5.74, 6) is -0.887. The lowest BCUT2D eigenvalue weighted by atomic mass is 10.2. The van der Waals surface area contributed by atoms with Gasteiger partial charge >= 0.3 is 5.97 Å². The fourth-order valence-corrected chi connectivity index (χ4v) is 2.67. The molecule has 25 heavy (non-hydrogen) atoms. The van der Waals surface area contributed by atoms with Gasteiger partial charge < -0.3 is 20.1 Å². The van der Waals surface area contributed by atoms with E-state index in [1.165, 1.54) is 12.1 Å². The number of amides is 2. The smallest absolute Gasteiger partial charge is 0.338 e. The lowest BCUT2D eigenvalue weighted by Gasteiger charge is -2.24. The van der Waals surface area contributed by atoms with Crippen LogP contribution in [0.5, 0.6) is 5.75 Å². The third-order valence-corrected chi connectivity index (χ3v) is 4.02. The minimum Gasteiger partial charge on any atom is -0.484 e. The number of nitrogens with zero attached hydrogens (tertiary/aromatic N) is 1. The fraction of sp³-hybridized carbons (Fsp3) is 0.500.